The summed E-state index contributed by atoms with van der Waals surface area (Å²) in [6.45, 7) is 1.04. The molecule has 2 amide bonds. The summed E-state index contributed by atoms with van der Waals surface area (Å²) < 4.78 is 0.164. The molecule has 1 aliphatic rings. The molecular weight excluding hydrogens is 260 g/mol. The smallest absolute Gasteiger partial charge is 0.317 e. The molecule has 0 saturated heterocycles. The number of hydrogen-bond donors (Lipinski definition) is 2. The number of aliphatic hydroxyl groups is 1. The monoisotopic (exact) mass is 280 g/mol. The Morgan fingerprint density at radius 1 is 1.42 bits per heavy atom. The molecule has 0 bridgehead atoms. The zero-order chi connectivity index (χ0) is 13.7. The zero-order valence-electron chi connectivity index (χ0n) is 11.1. The number of likely N-dealkylation sites (N-methyl/N-ethyl adjacent to an activating group) is 1. The fraction of sp³-hybridized carbons (Fsp3) is 0.500. The minimum absolute atomic E-state index is 0.00612. The van der Waals surface area contributed by atoms with E-state index in [1.54, 1.807) is 7.05 Å². The summed E-state index contributed by atoms with van der Waals surface area (Å²) in [5.74, 6) is 0. The number of thioether (sulfide) groups is 1. The largest absolute Gasteiger partial charge is 0.395 e. The van der Waals surface area contributed by atoms with Gasteiger partial charge in [-0.15, -0.1) is 11.8 Å². The van der Waals surface area contributed by atoms with Crippen LogP contribution in [0.15, 0.2) is 35.2 Å². The molecule has 1 fully saturated rings. The van der Waals surface area contributed by atoms with Gasteiger partial charge in [0.05, 0.1) is 6.61 Å². The van der Waals surface area contributed by atoms with Gasteiger partial charge in [0, 0.05) is 29.8 Å². The van der Waals surface area contributed by atoms with Crippen LogP contribution in [0.4, 0.5) is 4.79 Å². The summed E-state index contributed by atoms with van der Waals surface area (Å²) in [4.78, 5) is 14.5. The van der Waals surface area contributed by atoms with Crippen LogP contribution in [0.2, 0.25) is 0 Å². The van der Waals surface area contributed by atoms with E-state index in [4.69, 9.17) is 5.11 Å². The third kappa shape index (κ3) is 4.14. The molecule has 0 atom stereocenters. The van der Waals surface area contributed by atoms with Crippen molar-refractivity contribution >= 4 is 17.8 Å². The molecule has 4 nitrogen and oxygen atoms in total. The molecule has 2 rings (SSSR count). The van der Waals surface area contributed by atoms with Crippen LogP contribution < -0.4 is 5.32 Å². The first kappa shape index (κ1) is 14.2. The first-order valence-electron chi connectivity index (χ1n) is 6.49. The lowest BCUT2D eigenvalue weighted by Gasteiger charge is -2.20. The van der Waals surface area contributed by atoms with E-state index in [9.17, 15) is 4.79 Å². The Bertz CT molecular complexity index is 421. The molecule has 1 aromatic rings. The molecule has 104 valence electrons. The maximum Gasteiger partial charge on any atom is 0.317 e. The molecule has 5 heteroatoms. The van der Waals surface area contributed by atoms with Gasteiger partial charge in [-0.05, 0) is 25.0 Å². The number of benzene rings is 1. The highest BCUT2D eigenvalue weighted by atomic mass is 32.2. The average Bonchev–Trinajstić information content (AvgIpc) is 3.17. The van der Waals surface area contributed by atoms with Crippen LogP contribution in [0.1, 0.15) is 12.8 Å². The van der Waals surface area contributed by atoms with E-state index in [1.165, 1.54) is 9.80 Å². The van der Waals surface area contributed by atoms with E-state index in [-0.39, 0.29) is 17.4 Å². The number of nitrogens with zero attached hydrogens (tertiary/aromatic N) is 1. The second-order valence-electron chi connectivity index (χ2n) is 4.90. The van der Waals surface area contributed by atoms with E-state index in [0.717, 1.165) is 12.8 Å². The van der Waals surface area contributed by atoms with Gasteiger partial charge in [-0.25, -0.2) is 4.79 Å². The van der Waals surface area contributed by atoms with Crippen molar-refractivity contribution < 1.29 is 9.90 Å². The van der Waals surface area contributed by atoms with Gasteiger partial charge in [-0.2, -0.15) is 0 Å². The van der Waals surface area contributed by atoms with E-state index >= 15 is 0 Å². The van der Waals surface area contributed by atoms with Crippen molar-refractivity contribution in [2.75, 3.05) is 26.7 Å². The minimum Gasteiger partial charge on any atom is -0.395 e. The predicted octanol–water partition coefficient (Wildman–Crippen LogP) is 1.95. The van der Waals surface area contributed by atoms with Crippen molar-refractivity contribution in [2.24, 2.45) is 0 Å². The number of rotatable bonds is 6. The Kier molecular flexibility index (Phi) is 4.71. The molecule has 0 heterocycles. The summed E-state index contributed by atoms with van der Waals surface area (Å²) >= 11 is 1.84. The van der Waals surface area contributed by atoms with Crippen molar-refractivity contribution in [3.63, 3.8) is 0 Å². The lowest BCUT2D eigenvalue weighted by Crippen LogP contribution is -2.41. The number of carbonyl (C=O) groups is 1. The van der Waals surface area contributed by atoms with Gasteiger partial charge in [-0.1, -0.05) is 18.2 Å². The molecule has 1 aliphatic carbocycles. The van der Waals surface area contributed by atoms with Crippen LogP contribution in [0.3, 0.4) is 0 Å². The third-order valence-corrected chi connectivity index (χ3v) is 4.72. The Morgan fingerprint density at radius 3 is 2.68 bits per heavy atom. The molecule has 0 aliphatic heterocycles. The van der Waals surface area contributed by atoms with E-state index < -0.39 is 0 Å². The first-order chi connectivity index (χ1) is 9.15. The summed E-state index contributed by atoms with van der Waals surface area (Å²) in [7, 11) is 1.69. The normalized spacial score (nSPS) is 15.9. The van der Waals surface area contributed by atoms with Crippen LogP contribution in [-0.4, -0.2) is 47.5 Å². The SMILES string of the molecule is CN(CCO)C(=O)NCC1(Sc2ccccc2)CC1. The van der Waals surface area contributed by atoms with Gasteiger partial charge >= 0.3 is 6.03 Å². The van der Waals surface area contributed by atoms with Crippen LogP contribution in [0.5, 0.6) is 0 Å². The molecule has 2 N–H and O–H groups in total. The lowest BCUT2D eigenvalue weighted by molar-refractivity contribution is 0.190. The molecule has 1 aromatic carbocycles. The second kappa shape index (κ2) is 6.30. The van der Waals surface area contributed by atoms with E-state index in [1.807, 2.05) is 30.0 Å². The van der Waals surface area contributed by atoms with E-state index in [0.29, 0.717) is 13.1 Å². The van der Waals surface area contributed by atoms with Crippen molar-refractivity contribution in [3.8, 4) is 0 Å². The van der Waals surface area contributed by atoms with Gasteiger partial charge < -0.3 is 15.3 Å². The maximum absolute atomic E-state index is 11.8. The van der Waals surface area contributed by atoms with Crippen LogP contribution in [0, 0.1) is 0 Å². The number of carbonyl (C=O) groups excluding carboxylic acids is 1. The fourth-order valence-corrected chi connectivity index (χ4v) is 3.06. The van der Waals surface area contributed by atoms with Gasteiger partial charge in [-0.3, -0.25) is 0 Å². The molecule has 0 radical (unpaired) electrons. The summed E-state index contributed by atoms with van der Waals surface area (Å²) in [5.41, 5.74) is 0. The van der Waals surface area contributed by atoms with Crippen molar-refractivity contribution in [1.82, 2.24) is 10.2 Å². The highest BCUT2D eigenvalue weighted by Crippen LogP contribution is 2.51. The lowest BCUT2D eigenvalue weighted by atomic mass is 10.4. The molecular formula is C14H20N2O2S. The standard InChI is InChI=1S/C14H20N2O2S/c1-16(9-10-17)13(18)15-11-14(7-8-14)19-12-5-3-2-4-6-12/h2-6,17H,7-11H2,1H3,(H,15,18). The number of nitrogens with one attached hydrogen (secondary N) is 1. The number of aliphatic hydroxyl groups excluding tert-OH is 1. The molecule has 0 unspecified atom stereocenters. The minimum atomic E-state index is -0.117. The van der Waals surface area contributed by atoms with Crippen molar-refractivity contribution in [3.05, 3.63) is 30.3 Å². The summed E-state index contributed by atoms with van der Waals surface area (Å²) in [6.07, 6.45) is 2.27. The fourth-order valence-electron chi connectivity index (χ4n) is 1.82. The maximum atomic E-state index is 11.8. The van der Waals surface area contributed by atoms with Crippen LogP contribution in [0.25, 0.3) is 0 Å². The van der Waals surface area contributed by atoms with Crippen LogP contribution in [-0.2, 0) is 0 Å². The van der Waals surface area contributed by atoms with Gasteiger partial charge in [0.25, 0.3) is 0 Å². The Balaban J connectivity index is 1.81. The van der Waals surface area contributed by atoms with Gasteiger partial charge in [0.2, 0.25) is 0 Å². The first-order valence-corrected chi connectivity index (χ1v) is 7.31. The highest BCUT2D eigenvalue weighted by Gasteiger charge is 2.44. The number of urea groups is 1. The summed E-state index contributed by atoms with van der Waals surface area (Å²) in [6, 6.07) is 10.2. The average molecular weight is 280 g/mol. The molecule has 19 heavy (non-hydrogen) atoms. The molecule has 1 saturated carbocycles. The van der Waals surface area contributed by atoms with Crippen molar-refractivity contribution in [2.45, 2.75) is 22.5 Å². The molecule has 0 aromatic heterocycles. The number of hydrogen-bond acceptors (Lipinski definition) is 3. The Hall–Kier alpha value is -1.20. The highest BCUT2D eigenvalue weighted by molar-refractivity contribution is 8.01. The predicted molar refractivity (Wildman–Crippen MR) is 77.4 cm³/mol. The number of amides is 2. The van der Waals surface area contributed by atoms with E-state index in [2.05, 4.69) is 17.4 Å². The van der Waals surface area contributed by atoms with Crippen LogP contribution >= 0.6 is 11.8 Å². The molecule has 0 spiro atoms. The van der Waals surface area contributed by atoms with Gasteiger partial charge in [0.1, 0.15) is 0 Å². The topological polar surface area (TPSA) is 52.6 Å². The second-order valence-corrected chi connectivity index (χ2v) is 6.44. The zero-order valence-corrected chi connectivity index (χ0v) is 11.9. The van der Waals surface area contributed by atoms with Crippen molar-refractivity contribution in [1.29, 1.82) is 0 Å². The summed E-state index contributed by atoms with van der Waals surface area (Å²) in [5, 5.41) is 11.7. The Morgan fingerprint density at radius 2 is 2.11 bits per heavy atom. The quantitative estimate of drug-likeness (QED) is 0.837. The third-order valence-electron chi connectivity index (χ3n) is 3.23. The Labute approximate surface area is 118 Å². The van der Waals surface area contributed by atoms with Gasteiger partial charge in [0.15, 0.2) is 0 Å².